The lowest BCUT2D eigenvalue weighted by Crippen LogP contribution is -2.21. The zero-order valence-electron chi connectivity index (χ0n) is 17.2. The number of carbonyl (C=O) groups excluding carboxylic acids is 1. The monoisotopic (exact) mass is 420 g/mol. The molecule has 0 spiro atoms. The minimum Gasteiger partial charge on any atom is -0.455 e. The Kier molecular flexibility index (Phi) is 5.14. The number of hydrogen-bond donors (Lipinski definition) is 1. The maximum Gasteiger partial charge on any atom is 0.244 e. The lowest BCUT2D eigenvalue weighted by molar-refractivity contribution is -0.116. The Morgan fingerprint density at radius 3 is 1.97 bits per heavy atom. The molecule has 5 nitrogen and oxygen atoms in total. The van der Waals surface area contributed by atoms with Crippen LogP contribution in [0.1, 0.15) is 0 Å². The lowest BCUT2D eigenvalue weighted by atomic mass is 10.1. The van der Waals surface area contributed by atoms with Crippen molar-refractivity contribution in [1.29, 1.82) is 0 Å². The van der Waals surface area contributed by atoms with Gasteiger partial charge in [0.1, 0.15) is 12.3 Å². The van der Waals surface area contributed by atoms with Gasteiger partial charge in [0, 0.05) is 10.8 Å². The summed E-state index contributed by atoms with van der Waals surface area (Å²) >= 11 is 0. The van der Waals surface area contributed by atoms with Crippen LogP contribution in [-0.4, -0.2) is 10.5 Å². The maximum absolute atomic E-state index is 13.1. The number of rotatable bonds is 5. The molecule has 1 N–H and O–H groups in total. The molecule has 0 fully saturated rings. The van der Waals surface area contributed by atoms with Crippen LogP contribution in [0.4, 0.5) is 5.69 Å². The Hall–Kier alpha value is -4.38. The van der Waals surface area contributed by atoms with Crippen molar-refractivity contribution in [1.82, 2.24) is 4.57 Å². The predicted molar refractivity (Wildman–Crippen MR) is 127 cm³/mol. The number of nitrogens with zero attached hydrogens (tertiary/aromatic N) is 1. The zero-order chi connectivity index (χ0) is 21.9. The average molecular weight is 420 g/mol. The van der Waals surface area contributed by atoms with Crippen LogP contribution in [0.15, 0.2) is 108 Å². The molecule has 0 aliphatic rings. The van der Waals surface area contributed by atoms with E-state index in [1.807, 2.05) is 89.5 Å². The van der Waals surface area contributed by atoms with Gasteiger partial charge in [-0.05, 0) is 48.5 Å². The van der Waals surface area contributed by atoms with Crippen molar-refractivity contribution < 1.29 is 9.53 Å². The molecule has 5 aromatic rings. The first-order valence-electron chi connectivity index (χ1n) is 10.3. The number of anilines is 1. The molecule has 1 amide bonds. The number of pyridine rings is 1. The number of fused-ring (bicyclic) bond motifs is 2. The molecule has 0 aliphatic carbocycles. The van der Waals surface area contributed by atoms with Crippen LogP contribution in [0.5, 0.6) is 11.5 Å². The Bertz CT molecular complexity index is 1430. The summed E-state index contributed by atoms with van der Waals surface area (Å²) in [6.45, 7) is 0.0565. The molecule has 0 atom stereocenters. The molecule has 0 saturated heterocycles. The number of hydrogen-bond acceptors (Lipinski definition) is 3. The van der Waals surface area contributed by atoms with Crippen LogP contribution < -0.4 is 15.5 Å². The van der Waals surface area contributed by atoms with Crippen molar-refractivity contribution in [2.75, 3.05) is 5.32 Å². The maximum atomic E-state index is 13.1. The molecule has 156 valence electrons. The molecule has 5 rings (SSSR count). The third kappa shape index (κ3) is 3.72. The van der Waals surface area contributed by atoms with Gasteiger partial charge in [0.15, 0.2) is 11.2 Å². The van der Waals surface area contributed by atoms with Crippen LogP contribution in [0.2, 0.25) is 0 Å². The van der Waals surface area contributed by atoms with Crippen molar-refractivity contribution >= 4 is 33.4 Å². The smallest absolute Gasteiger partial charge is 0.244 e. The summed E-state index contributed by atoms with van der Waals surface area (Å²) in [6, 6.07) is 31.5. The van der Waals surface area contributed by atoms with E-state index in [2.05, 4.69) is 5.32 Å². The topological polar surface area (TPSA) is 60.3 Å². The minimum atomic E-state index is -0.215. The van der Waals surface area contributed by atoms with Gasteiger partial charge < -0.3 is 14.6 Å². The normalized spacial score (nSPS) is 10.9. The number of nitrogens with one attached hydrogen (secondary N) is 1. The van der Waals surface area contributed by atoms with Gasteiger partial charge >= 0.3 is 0 Å². The molecule has 0 saturated carbocycles. The molecule has 5 heteroatoms. The van der Waals surface area contributed by atoms with Crippen LogP contribution in [-0.2, 0) is 11.3 Å². The zero-order valence-corrected chi connectivity index (χ0v) is 17.2. The van der Waals surface area contributed by atoms with E-state index in [0.717, 1.165) is 11.0 Å². The van der Waals surface area contributed by atoms with Crippen molar-refractivity contribution in [2.24, 2.45) is 0 Å². The highest BCUT2D eigenvalue weighted by atomic mass is 16.5. The Morgan fingerprint density at radius 1 is 0.719 bits per heavy atom. The van der Waals surface area contributed by atoms with E-state index < -0.39 is 0 Å². The van der Waals surface area contributed by atoms with Gasteiger partial charge in [-0.25, -0.2) is 0 Å². The number of benzene rings is 4. The van der Waals surface area contributed by atoms with Gasteiger partial charge in [0.25, 0.3) is 0 Å². The van der Waals surface area contributed by atoms with Gasteiger partial charge in [-0.15, -0.1) is 0 Å². The number of ether oxygens (including phenoxy) is 1. The molecular formula is C27H20N2O3. The number of aromatic nitrogens is 1. The van der Waals surface area contributed by atoms with Crippen LogP contribution >= 0.6 is 0 Å². The van der Waals surface area contributed by atoms with Gasteiger partial charge in [-0.3, -0.25) is 9.59 Å². The fraction of sp³-hybridized carbons (Fsp3) is 0.0370. The first-order valence-corrected chi connectivity index (χ1v) is 10.3. The third-order valence-electron chi connectivity index (χ3n) is 5.31. The van der Waals surface area contributed by atoms with E-state index in [0.29, 0.717) is 28.0 Å². The summed E-state index contributed by atoms with van der Waals surface area (Å²) in [5.41, 5.74) is 1.99. The third-order valence-corrected chi connectivity index (χ3v) is 5.31. The van der Waals surface area contributed by atoms with E-state index in [9.17, 15) is 9.59 Å². The number of amides is 1. The quantitative estimate of drug-likeness (QED) is 0.377. The second kappa shape index (κ2) is 8.40. The van der Waals surface area contributed by atoms with Crippen LogP contribution in [0.3, 0.4) is 0 Å². The van der Waals surface area contributed by atoms with E-state index in [1.165, 1.54) is 0 Å². The van der Waals surface area contributed by atoms with Crippen molar-refractivity contribution in [3.63, 3.8) is 0 Å². The Balaban J connectivity index is 1.49. The molecule has 1 aromatic heterocycles. The molecule has 32 heavy (non-hydrogen) atoms. The van der Waals surface area contributed by atoms with Crippen molar-refractivity contribution in [2.45, 2.75) is 6.54 Å². The molecule has 4 aromatic carbocycles. The van der Waals surface area contributed by atoms with Crippen molar-refractivity contribution in [3.8, 4) is 11.5 Å². The van der Waals surface area contributed by atoms with Gasteiger partial charge in [0.05, 0.1) is 16.7 Å². The number of para-hydroxylation sites is 5. The highest BCUT2D eigenvalue weighted by Gasteiger charge is 2.14. The predicted octanol–water partition coefficient (Wildman–Crippen LogP) is 5.59. The summed E-state index contributed by atoms with van der Waals surface area (Å²) in [7, 11) is 0. The minimum absolute atomic E-state index is 0.0329. The van der Waals surface area contributed by atoms with E-state index in [1.54, 1.807) is 18.2 Å². The van der Waals surface area contributed by atoms with E-state index >= 15 is 0 Å². The van der Waals surface area contributed by atoms with Gasteiger partial charge in [-0.1, -0.05) is 54.6 Å². The van der Waals surface area contributed by atoms with Gasteiger partial charge in [0.2, 0.25) is 5.91 Å². The lowest BCUT2D eigenvalue weighted by Gasteiger charge is -2.16. The standard InChI is InChI=1S/C27H20N2O3/c30-26(28-22-14-6-9-17-25(22)32-19-10-2-1-3-11-19)18-29-23-15-7-4-12-20(23)27(31)21-13-5-8-16-24(21)29/h1-17H,18H2,(H,28,30). The summed E-state index contributed by atoms with van der Waals surface area (Å²) in [4.78, 5) is 26.0. The fourth-order valence-electron chi connectivity index (χ4n) is 3.85. The van der Waals surface area contributed by atoms with E-state index in [4.69, 9.17) is 4.74 Å². The average Bonchev–Trinajstić information content (AvgIpc) is 2.84. The molecule has 0 aliphatic heterocycles. The largest absolute Gasteiger partial charge is 0.455 e. The summed E-state index contributed by atoms with van der Waals surface area (Å²) in [6.07, 6.45) is 0. The molecule has 0 bridgehead atoms. The number of carbonyl (C=O) groups is 1. The Morgan fingerprint density at radius 2 is 1.28 bits per heavy atom. The SMILES string of the molecule is O=C(Cn1c2ccccc2c(=O)c2ccccc21)Nc1ccccc1Oc1ccccc1. The van der Waals surface area contributed by atoms with Crippen molar-refractivity contribution in [3.05, 3.63) is 113 Å². The molecule has 1 heterocycles. The first-order chi connectivity index (χ1) is 15.7. The molecule has 0 unspecified atom stereocenters. The molecule has 0 radical (unpaired) electrons. The van der Waals surface area contributed by atoms with Crippen LogP contribution in [0.25, 0.3) is 21.8 Å². The fourth-order valence-corrected chi connectivity index (χ4v) is 3.85. The van der Waals surface area contributed by atoms with Gasteiger partial charge in [-0.2, -0.15) is 0 Å². The summed E-state index contributed by atoms with van der Waals surface area (Å²) in [5.74, 6) is 1.03. The van der Waals surface area contributed by atoms with E-state index in [-0.39, 0.29) is 17.9 Å². The highest BCUT2D eigenvalue weighted by molar-refractivity contribution is 5.97. The second-order valence-corrected chi connectivity index (χ2v) is 7.41. The first kappa shape index (κ1) is 19.6. The summed E-state index contributed by atoms with van der Waals surface area (Å²) < 4.78 is 7.83. The highest BCUT2D eigenvalue weighted by Crippen LogP contribution is 2.29. The second-order valence-electron chi connectivity index (χ2n) is 7.41. The van der Waals surface area contributed by atoms with Crippen LogP contribution in [0, 0.1) is 0 Å². The Labute approximate surface area is 184 Å². The summed E-state index contributed by atoms with van der Waals surface area (Å²) in [5, 5.41) is 4.14. The molecular weight excluding hydrogens is 400 g/mol.